The zero-order valence-electron chi connectivity index (χ0n) is 9.11. The Balaban J connectivity index is 1.91. The summed E-state index contributed by atoms with van der Waals surface area (Å²) in [4.78, 5) is 2.11. The van der Waals surface area contributed by atoms with Crippen molar-refractivity contribution in [3.8, 4) is 0 Å². The van der Waals surface area contributed by atoms with Gasteiger partial charge < -0.3 is 4.42 Å². The zero-order chi connectivity index (χ0) is 11.5. The molecule has 0 aromatic carbocycles. The van der Waals surface area contributed by atoms with Crippen LogP contribution in [0.15, 0.2) is 16.5 Å². The molecule has 4 nitrogen and oxygen atoms in total. The SMILES string of the molecule is Cc1ccc(CN(C)Cc2nnc(Cl)s2)o1. The van der Waals surface area contributed by atoms with Crippen molar-refractivity contribution in [2.75, 3.05) is 7.05 Å². The van der Waals surface area contributed by atoms with Gasteiger partial charge in [0.25, 0.3) is 0 Å². The van der Waals surface area contributed by atoms with E-state index in [0.29, 0.717) is 4.47 Å². The normalized spacial score (nSPS) is 11.2. The van der Waals surface area contributed by atoms with Crippen molar-refractivity contribution >= 4 is 22.9 Å². The van der Waals surface area contributed by atoms with Gasteiger partial charge in [0.15, 0.2) is 0 Å². The molecule has 0 fully saturated rings. The van der Waals surface area contributed by atoms with Crippen LogP contribution >= 0.6 is 22.9 Å². The van der Waals surface area contributed by atoms with E-state index in [9.17, 15) is 0 Å². The van der Waals surface area contributed by atoms with E-state index in [1.807, 2.05) is 26.1 Å². The Kier molecular flexibility index (Phi) is 3.58. The van der Waals surface area contributed by atoms with E-state index in [2.05, 4.69) is 15.1 Å². The fourth-order valence-electron chi connectivity index (χ4n) is 1.42. The van der Waals surface area contributed by atoms with Crippen molar-refractivity contribution in [1.82, 2.24) is 15.1 Å². The Labute approximate surface area is 103 Å². The molecule has 2 aromatic heterocycles. The van der Waals surface area contributed by atoms with Crippen molar-refractivity contribution in [1.29, 1.82) is 0 Å². The molecule has 0 aliphatic carbocycles. The molecule has 0 aliphatic heterocycles. The summed E-state index contributed by atoms with van der Waals surface area (Å²) >= 11 is 7.12. The van der Waals surface area contributed by atoms with Crippen LogP contribution in [0.25, 0.3) is 0 Å². The summed E-state index contributed by atoms with van der Waals surface area (Å²) in [6.07, 6.45) is 0. The number of nitrogens with zero attached hydrogens (tertiary/aromatic N) is 3. The van der Waals surface area contributed by atoms with Crippen molar-refractivity contribution in [2.24, 2.45) is 0 Å². The van der Waals surface area contributed by atoms with E-state index in [4.69, 9.17) is 16.0 Å². The van der Waals surface area contributed by atoms with Gasteiger partial charge in [-0.2, -0.15) is 0 Å². The highest BCUT2D eigenvalue weighted by Crippen LogP contribution is 2.17. The van der Waals surface area contributed by atoms with Crippen molar-refractivity contribution < 1.29 is 4.42 Å². The molecule has 0 N–H and O–H groups in total. The number of furan rings is 1. The highest BCUT2D eigenvalue weighted by Gasteiger charge is 2.08. The van der Waals surface area contributed by atoms with E-state index >= 15 is 0 Å². The van der Waals surface area contributed by atoms with Crippen LogP contribution in [-0.4, -0.2) is 22.1 Å². The van der Waals surface area contributed by atoms with Crippen molar-refractivity contribution in [3.63, 3.8) is 0 Å². The van der Waals surface area contributed by atoms with Gasteiger partial charge in [0.2, 0.25) is 4.47 Å². The predicted molar refractivity (Wildman–Crippen MR) is 63.5 cm³/mol. The Bertz CT molecular complexity index is 426. The fraction of sp³-hybridized carbons (Fsp3) is 0.400. The fourth-order valence-corrected chi connectivity index (χ4v) is 2.37. The maximum atomic E-state index is 5.72. The highest BCUT2D eigenvalue weighted by molar-refractivity contribution is 7.15. The van der Waals surface area contributed by atoms with Gasteiger partial charge in [-0.05, 0) is 37.7 Å². The van der Waals surface area contributed by atoms with E-state index in [-0.39, 0.29) is 0 Å². The minimum absolute atomic E-state index is 0.484. The molecule has 0 aliphatic rings. The third kappa shape index (κ3) is 3.04. The first-order valence-corrected chi connectivity index (χ1v) is 6.04. The summed E-state index contributed by atoms with van der Waals surface area (Å²) in [6.45, 7) is 3.42. The lowest BCUT2D eigenvalue weighted by atomic mass is 10.4. The quantitative estimate of drug-likeness (QED) is 0.845. The van der Waals surface area contributed by atoms with Gasteiger partial charge in [0, 0.05) is 0 Å². The molecule has 0 saturated carbocycles. The third-order valence-corrected chi connectivity index (χ3v) is 3.07. The van der Waals surface area contributed by atoms with Crippen LogP contribution in [0.3, 0.4) is 0 Å². The molecule has 2 aromatic rings. The molecule has 0 spiro atoms. The van der Waals surface area contributed by atoms with Crippen LogP contribution in [0.5, 0.6) is 0 Å². The Morgan fingerprint density at radius 1 is 1.38 bits per heavy atom. The lowest BCUT2D eigenvalue weighted by Crippen LogP contribution is -2.16. The largest absolute Gasteiger partial charge is 0.465 e. The number of aromatic nitrogens is 2. The smallest absolute Gasteiger partial charge is 0.207 e. The monoisotopic (exact) mass is 257 g/mol. The molecular formula is C10H12ClN3OS. The topological polar surface area (TPSA) is 42.2 Å². The third-order valence-electron chi connectivity index (χ3n) is 2.07. The van der Waals surface area contributed by atoms with Gasteiger partial charge in [-0.25, -0.2) is 0 Å². The molecular weight excluding hydrogens is 246 g/mol. The molecule has 6 heteroatoms. The maximum absolute atomic E-state index is 5.72. The van der Waals surface area contributed by atoms with Crippen LogP contribution in [0.2, 0.25) is 4.47 Å². The van der Waals surface area contributed by atoms with Crippen molar-refractivity contribution in [3.05, 3.63) is 33.1 Å². The van der Waals surface area contributed by atoms with Gasteiger partial charge in [-0.1, -0.05) is 11.3 Å². The highest BCUT2D eigenvalue weighted by atomic mass is 35.5. The van der Waals surface area contributed by atoms with Gasteiger partial charge in [-0.3, -0.25) is 4.90 Å². The average Bonchev–Trinajstić information content (AvgIpc) is 2.76. The number of hydrogen-bond donors (Lipinski definition) is 0. The summed E-state index contributed by atoms with van der Waals surface area (Å²) in [5.41, 5.74) is 0. The molecule has 16 heavy (non-hydrogen) atoms. The average molecular weight is 258 g/mol. The second kappa shape index (κ2) is 4.95. The van der Waals surface area contributed by atoms with Gasteiger partial charge in [-0.15, -0.1) is 10.2 Å². The molecule has 2 heterocycles. The summed E-state index contributed by atoms with van der Waals surface area (Å²) in [6, 6.07) is 3.95. The van der Waals surface area contributed by atoms with Gasteiger partial charge >= 0.3 is 0 Å². The minimum Gasteiger partial charge on any atom is -0.465 e. The Morgan fingerprint density at radius 2 is 2.19 bits per heavy atom. The second-order valence-electron chi connectivity index (χ2n) is 3.63. The first kappa shape index (κ1) is 11.6. The van der Waals surface area contributed by atoms with E-state index in [1.54, 1.807) is 0 Å². The van der Waals surface area contributed by atoms with Gasteiger partial charge in [0.1, 0.15) is 16.5 Å². The molecule has 0 atom stereocenters. The summed E-state index contributed by atoms with van der Waals surface area (Å²) < 4.78 is 5.98. The van der Waals surface area contributed by atoms with Crippen LogP contribution in [0.1, 0.15) is 16.5 Å². The first-order valence-electron chi connectivity index (χ1n) is 4.85. The summed E-state index contributed by atoms with van der Waals surface area (Å²) in [7, 11) is 2.01. The number of aryl methyl sites for hydroxylation is 1. The lowest BCUT2D eigenvalue weighted by Gasteiger charge is -2.12. The standard InChI is InChI=1S/C10H12ClN3OS/c1-7-3-4-8(15-7)5-14(2)6-9-12-13-10(11)16-9/h3-4H,5-6H2,1-2H3. The Hall–Kier alpha value is -0.910. The number of hydrogen-bond acceptors (Lipinski definition) is 5. The lowest BCUT2D eigenvalue weighted by molar-refractivity contribution is 0.284. The van der Waals surface area contributed by atoms with Crippen LogP contribution in [0, 0.1) is 6.92 Å². The van der Waals surface area contributed by atoms with Crippen LogP contribution < -0.4 is 0 Å². The predicted octanol–water partition coefficient (Wildman–Crippen LogP) is 2.72. The summed E-state index contributed by atoms with van der Waals surface area (Å²) in [5.74, 6) is 1.89. The first-order chi connectivity index (χ1) is 7.63. The Morgan fingerprint density at radius 3 is 2.75 bits per heavy atom. The molecule has 0 radical (unpaired) electrons. The molecule has 0 saturated heterocycles. The molecule has 0 amide bonds. The molecule has 0 unspecified atom stereocenters. The van der Waals surface area contributed by atoms with E-state index in [1.165, 1.54) is 11.3 Å². The summed E-state index contributed by atoms with van der Waals surface area (Å²) in [5, 5.41) is 8.64. The molecule has 86 valence electrons. The number of rotatable bonds is 4. The minimum atomic E-state index is 0.484. The second-order valence-corrected chi connectivity index (χ2v) is 5.28. The van der Waals surface area contributed by atoms with Gasteiger partial charge in [0.05, 0.1) is 13.1 Å². The number of halogens is 1. The van der Waals surface area contributed by atoms with Crippen LogP contribution in [0.4, 0.5) is 0 Å². The van der Waals surface area contributed by atoms with Crippen molar-refractivity contribution in [2.45, 2.75) is 20.0 Å². The maximum Gasteiger partial charge on any atom is 0.207 e. The van der Waals surface area contributed by atoms with E-state index < -0.39 is 0 Å². The van der Waals surface area contributed by atoms with Crippen LogP contribution in [-0.2, 0) is 13.1 Å². The van der Waals surface area contributed by atoms with E-state index in [0.717, 1.165) is 29.6 Å². The molecule has 2 rings (SSSR count). The zero-order valence-corrected chi connectivity index (χ0v) is 10.7. The molecule has 0 bridgehead atoms.